The smallest absolute Gasteiger partial charge is 0.251 e. The number of rotatable bonds is 7. The van der Waals surface area contributed by atoms with Gasteiger partial charge >= 0.3 is 6.18 Å². The van der Waals surface area contributed by atoms with Gasteiger partial charge in [0.15, 0.2) is 0 Å². The van der Waals surface area contributed by atoms with E-state index >= 15 is 0 Å². The molecule has 2 aliphatic rings. The fourth-order valence-electron chi connectivity index (χ4n) is 5.34. The molecule has 4 heteroatoms. The lowest BCUT2D eigenvalue weighted by Gasteiger charge is -2.37. The first kappa shape index (κ1) is 22.4. The average Bonchev–Trinajstić information content (AvgIpc) is 2.73. The van der Waals surface area contributed by atoms with E-state index in [9.17, 15) is 17.6 Å². The highest BCUT2D eigenvalue weighted by molar-refractivity contribution is 5.24. The van der Waals surface area contributed by atoms with Crippen LogP contribution in [0.3, 0.4) is 0 Å². The van der Waals surface area contributed by atoms with Gasteiger partial charge in [-0.05, 0) is 99.2 Å². The Morgan fingerprint density at radius 2 is 1.41 bits per heavy atom. The van der Waals surface area contributed by atoms with Gasteiger partial charge in [-0.2, -0.15) is 13.2 Å². The minimum atomic E-state index is -4.25. The van der Waals surface area contributed by atoms with Crippen molar-refractivity contribution in [1.29, 1.82) is 0 Å². The fourth-order valence-corrected chi connectivity index (χ4v) is 5.34. The van der Waals surface area contributed by atoms with Crippen LogP contribution in [0, 0.1) is 23.7 Å². The van der Waals surface area contributed by atoms with E-state index < -0.39 is 11.7 Å². The standard InChI is InChI=1S/C25H34F4/c26-18-2-1-3-19-6-12-22(13-7-19)23-14-8-20(9-15-23)4-5-21-10-16-24(17-11-21)25(27,28)29/h1,3,10-11,16-17,19-20,22-23H,2,4-9,12-15,18H2/b3-1+/t19-,20?,22-,23?. The predicted octanol–water partition coefficient (Wildman–Crippen LogP) is 8.17. The van der Waals surface area contributed by atoms with Crippen LogP contribution in [-0.2, 0) is 12.6 Å². The monoisotopic (exact) mass is 410 g/mol. The number of hydrogen-bond donors (Lipinski definition) is 0. The maximum atomic E-state index is 12.7. The highest BCUT2D eigenvalue weighted by Crippen LogP contribution is 2.42. The molecule has 0 radical (unpaired) electrons. The number of aryl methyl sites for hydroxylation is 1. The van der Waals surface area contributed by atoms with Crippen molar-refractivity contribution < 1.29 is 17.6 Å². The summed E-state index contributed by atoms with van der Waals surface area (Å²) in [6.07, 6.45) is 12.8. The van der Waals surface area contributed by atoms with Crippen LogP contribution in [0.25, 0.3) is 0 Å². The predicted molar refractivity (Wildman–Crippen MR) is 110 cm³/mol. The number of hydrogen-bond acceptors (Lipinski definition) is 0. The Hall–Kier alpha value is -1.32. The van der Waals surface area contributed by atoms with Crippen LogP contribution in [-0.4, -0.2) is 6.67 Å². The molecule has 0 bridgehead atoms. The molecular weight excluding hydrogens is 376 g/mol. The lowest BCUT2D eigenvalue weighted by atomic mass is 9.68. The Morgan fingerprint density at radius 1 is 0.828 bits per heavy atom. The SMILES string of the molecule is FCC/C=C/[C@H]1CC[C@H](C2CCC(CCc3ccc(C(F)(F)F)cc3)CC2)CC1. The Labute approximate surface area is 172 Å². The summed E-state index contributed by atoms with van der Waals surface area (Å²) < 4.78 is 50.2. The molecule has 29 heavy (non-hydrogen) atoms. The van der Waals surface area contributed by atoms with Crippen LogP contribution in [0.15, 0.2) is 36.4 Å². The molecule has 2 saturated carbocycles. The minimum Gasteiger partial charge on any atom is -0.251 e. The van der Waals surface area contributed by atoms with Gasteiger partial charge in [0.1, 0.15) is 0 Å². The van der Waals surface area contributed by atoms with Gasteiger partial charge in [0.25, 0.3) is 0 Å². The second-order valence-electron chi connectivity index (χ2n) is 9.09. The number of halogens is 4. The number of alkyl halides is 4. The molecule has 2 aliphatic carbocycles. The molecule has 0 amide bonds. The summed E-state index contributed by atoms with van der Waals surface area (Å²) >= 11 is 0. The van der Waals surface area contributed by atoms with E-state index in [1.807, 2.05) is 6.08 Å². The van der Waals surface area contributed by atoms with E-state index in [1.165, 1.54) is 63.5 Å². The molecule has 162 valence electrons. The second kappa shape index (κ2) is 10.6. The summed E-state index contributed by atoms with van der Waals surface area (Å²) in [4.78, 5) is 0. The maximum absolute atomic E-state index is 12.7. The fraction of sp³-hybridized carbons (Fsp3) is 0.680. The topological polar surface area (TPSA) is 0 Å². The van der Waals surface area contributed by atoms with Crippen LogP contribution in [0.4, 0.5) is 17.6 Å². The zero-order valence-electron chi connectivity index (χ0n) is 17.3. The summed E-state index contributed by atoms with van der Waals surface area (Å²) in [5.74, 6) is 3.08. The van der Waals surface area contributed by atoms with E-state index in [-0.39, 0.29) is 6.67 Å². The van der Waals surface area contributed by atoms with E-state index in [2.05, 4.69) is 6.08 Å². The van der Waals surface area contributed by atoms with Crippen molar-refractivity contribution in [2.24, 2.45) is 23.7 Å². The molecular formula is C25H34F4. The van der Waals surface area contributed by atoms with Crippen LogP contribution >= 0.6 is 0 Å². The van der Waals surface area contributed by atoms with Gasteiger partial charge in [0, 0.05) is 0 Å². The van der Waals surface area contributed by atoms with E-state index in [0.29, 0.717) is 18.3 Å². The zero-order valence-corrected chi connectivity index (χ0v) is 17.3. The molecule has 0 N–H and O–H groups in total. The van der Waals surface area contributed by atoms with Gasteiger partial charge in [-0.15, -0.1) is 0 Å². The third kappa shape index (κ3) is 6.86. The molecule has 0 spiro atoms. The Morgan fingerprint density at radius 3 is 1.97 bits per heavy atom. The lowest BCUT2D eigenvalue weighted by Crippen LogP contribution is -2.25. The highest BCUT2D eigenvalue weighted by atomic mass is 19.4. The Bertz CT molecular complexity index is 615. The van der Waals surface area contributed by atoms with Crippen LogP contribution in [0.5, 0.6) is 0 Å². The van der Waals surface area contributed by atoms with Crippen molar-refractivity contribution in [1.82, 2.24) is 0 Å². The quantitative estimate of drug-likeness (QED) is 0.314. The minimum absolute atomic E-state index is 0.256. The van der Waals surface area contributed by atoms with Crippen molar-refractivity contribution in [2.75, 3.05) is 6.67 Å². The Balaban J connectivity index is 1.36. The molecule has 1 aromatic rings. The van der Waals surface area contributed by atoms with Crippen LogP contribution in [0.1, 0.15) is 75.3 Å². The van der Waals surface area contributed by atoms with Crippen molar-refractivity contribution in [3.05, 3.63) is 47.5 Å². The highest BCUT2D eigenvalue weighted by Gasteiger charge is 2.31. The molecule has 2 fully saturated rings. The van der Waals surface area contributed by atoms with Crippen LogP contribution in [0.2, 0.25) is 0 Å². The zero-order chi connectivity index (χ0) is 20.7. The molecule has 0 aromatic heterocycles. The summed E-state index contributed by atoms with van der Waals surface area (Å²) in [5, 5.41) is 0. The molecule has 0 nitrogen and oxygen atoms in total. The van der Waals surface area contributed by atoms with Gasteiger partial charge in [0.2, 0.25) is 0 Å². The molecule has 0 unspecified atom stereocenters. The number of benzene rings is 1. The normalized spacial score (nSPS) is 28.7. The molecule has 1 aromatic carbocycles. The Kier molecular flexibility index (Phi) is 8.20. The summed E-state index contributed by atoms with van der Waals surface area (Å²) in [5.41, 5.74) is 0.452. The van der Waals surface area contributed by atoms with Crippen molar-refractivity contribution in [3.8, 4) is 0 Å². The first-order chi connectivity index (χ1) is 14.0. The van der Waals surface area contributed by atoms with Gasteiger partial charge in [0.05, 0.1) is 12.2 Å². The third-order valence-corrected chi connectivity index (χ3v) is 7.18. The van der Waals surface area contributed by atoms with Crippen molar-refractivity contribution in [3.63, 3.8) is 0 Å². The maximum Gasteiger partial charge on any atom is 0.416 e. The van der Waals surface area contributed by atoms with Gasteiger partial charge in [-0.25, -0.2) is 0 Å². The van der Waals surface area contributed by atoms with E-state index in [4.69, 9.17) is 0 Å². The first-order valence-corrected chi connectivity index (χ1v) is 11.3. The number of allylic oxidation sites excluding steroid dienone is 2. The molecule has 0 saturated heterocycles. The van der Waals surface area contributed by atoms with E-state index in [0.717, 1.165) is 30.2 Å². The summed E-state index contributed by atoms with van der Waals surface area (Å²) in [6.45, 7) is -0.256. The van der Waals surface area contributed by atoms with E-state index in [1.54, 1.807) is 12.1 Å². The van der Waals surface area contributed by atoms with Crippen molar-refractivity contribution >= 4 is 0 Å². The summed E-state index contributed by atoms with van der Waals surface area (Å²) in [6, 6.07) is 5.68. The first-order valence-electron chi connectivity index (χ1n) is 11.3. The second-order valence-corrected chi connectivity index (χ2v) is 9.09. The average molecular weight is 411 g/mol. The van der Waals surface area contributed by atoms with Gasteiger partial charge in [-0.1, -0.05) is 37.1 Å². The third-order valence-electron chi connectivity index (χ3n) is 7.18. The summed E-state index contributed by atoms with van der Waals surface area (Å²) in [7, 11) is 0. The van der Waals surface area contributed by atoms with Gasteiger partial charge in [-0.3, -0.25) is 4.39 Å². The van der Waals surface area contributed by atoms with Crippen molar-refractivity contribution in [2.45, 2.75) is 76.8 Å². The molecule has 0 aliphatic heterocycles. The van der Waals surface area contributed by atoms with Gasteiger partial charge < -0.3 is 0 Å². The largest absolute Gasteiger partial charge is 0.416 e. The molecule has 0 atom stereocenters. The lowest BCUT2D eigenvalue weighted by molar-refractivity contribution is -0.137. The van der Waals surface area contributed by atoms with Crippen LogP contribution < -0.4 is 0 Å². The molecule has 0 heterocycles. The molecule has 3 rings (SSSR count).